The normalized spacial score (nSPS) is 19.5. The Labute approximate surface area is 217 Å². The molecular formula is C29H32N4O4. The monoisotopic (exact) mass is 500 g/mol. The molecule has 3 aromatic rings. The summed E-state index contributed by atoms with van der Waals surface area (Å²) < 4.78 is 17.2. The lowest BCUT2D eigenvalue weighted by molar-refractivity contribution is 0.0775. The van der Waals surface area contributed by atoms with Gasteiger partial charge in [-0.25, -0.2) is 0 Å². The standard InChI is InChI=1S/C29H32N4O4/c1-35-24-7-5-22(6-8-24)32-12-10-31(11-13-32)19-37-28-17-21-15-26-25(14-20(21)16-27(28)36-2)29(34)33-9-3-4-23(33)18-30-26/h5-8,14-18,23H,3-4,9-13,19H2,1-2H3. The summed E-state index contributed by atoms with van der Waals surface area (Å²) in [5, 5.41) is 1.92. The number of benzene rings is 3. The number of amides is 1. The molecule has 2 saturated heterocycles. The van der Waals surface area contributed by atoms with Gasteiger partial charge in [0, 0.05) is 44.6 Å². The van der Waals surface area contributed by atoms with E-state index in [0.717, 1.165) is 67.8 Å². The van der Waals surface area contributed by atoms with Gasteiger partial charge in [-0.2, -0.15) is 0 Å². The molecule has 6 rings (SSSR count). The Hall–Kier alpha value is -3.78. The molecule has 0 radical (unpaired) electrons. The lowest BCUT2D eigenvalue weighted by Crippen LogP contribution is -2.47. The topological polar surface area (TPSA) is 66.8 Å². The predicted molar refractivity (Wildman–Crippen MR) is 145 cm³/mol. The largest absolute Gasteiger partial charge is 0.497 e. The predicted octanol–water partition coefficient (Wildman–Crippen LogP) is 4.34. The fraction of sp³-hybridized carbons (Fsp3) is 0.379. The number of piperazine rings is 1. The smallest absolute Gasteiger partial charge is 0.256 e. The van der Waals surface area contributed by atoms with Crippen LogP contribution in [0.2, 0.25) is 0 Å². The molecule has 0 saturated carbocycles. The van der Waals surface area contributed by atoms with E-state index in [0.29, 0.717) is 23.8 Å². The molecule has 192 valence electrons. The fourth-order valence-electron chi connectivity index (χ4n) is 5.46. The van der Waals surface area contributed by atoms with E-state index in [1.165, 1.54) is 5.69 Å². The van der Waals surface area contributed by atoms with Crippen molar-refractivity contribution in [2.75, 3.05) is 58.6 Å². The number of carbonyl (C=O) groups is 1. The molecule has 2 fully saturated rings. The third kappa shape index (κ3) is 4.57. The molecule has 1 unspecified atom stereocenters. The Morgan fingerprint density at radius 1 is 0.892 bits per heavy atom. The number of ether oxygens (including phenoxy) is 3. The molecule has 0 bridgehead atoms. The molecule has 0 spiro atoms. The van der Waals surface area contributed by atoms with Gasteiger partial charge in [-0.1, -0.05) is 0 Å². The zero-order valence-corrected chi connectivity index (χ0v) is 21.4. The van der Waals surface area contributed by atoms with E-state index < -0.39 is 0 Å². The molecule has 3 heterocycles. The minimum Gasteiger partial charge on any atom is -0.497 e. The average Bonchev–Trinajstić information content (AvgIpc) is 3.38. The van der Waals surface area contributed by atoms with Crippen LogP contribution in [0, 0.1) is 0 Å². The zero-order valence-electron chi connectivity index (χ0n) is 21.4. The molecule has 3 aliphatic rings. The quantitative estimate of drug-likeness (QED) is 0.502. The van der Waals surface area contributed by atoms with Gasteiger partial charge in [0.2, 0.25) is 0 Å². The minimum absolute atomic E-state index is 0.0602. The van der Waals surface area contributed by atoms with Crippen LogP contribution in [0.15, 0.2) is 53.5 Å². The molecule has 3 aromatic carbocycles. The van der Waals surface area contributed by atoms with Gasteiger partial charge in [-0.3, -0.25) is 14.7 Å². The van der Waals surface area contributed by atoms with Crippen LogP contribution < -0.4 is 19.1 Å². The Kier molecular flexibility index (Phi) is 6.34. The lowest BCUT2D eigenvalue weighted by Gasteiger charge is -2.35. The van der Waals surface area contributed by atoms with E-state index in [4.69, 9.17) is 14.2 Å². The first-order valence-corrected chi connectivity index (χ1v) is 12.9. The summed E-state index contributed by atoms with van der Waals surface area (Å²) in [6.45, 7) is 4.95. The number of methoxy groups -OCH3 is 2. The molecule has 8 heteroatoms. The highest BCUT2D eigenvalue weighted by atomic mass is 16.5. The van der Waals surface area contributed by atoms with Crippen molar-refractivity contribution >= 4 is 34.3 Å². The highest BCUT2D eigenvalue weighted by Crippen LogP contribution is 2.37. The molecule has 1 amide bonds. The van der Waals surface area contributed by atoms with Crippen molar-refractivity contribution in [2.45, 2.75) is 18.9 Å². The lowest BCUT2D eigenvalue weighted by atomic mass is 10.0. The first-order chi connectivity index (χ1) is 18.1. The highest BCUT2D eigenvalue weighted by Gasteiger charge is 2.32. The summed E-state index contributed by atoms with van der Waals surface area (Å²) in [5.74, 6) is 2.28. The van der Waals surface area contributed by atoms with Gasteiger partial charge < -0.3 is 24.0 Å². The first kappa shape index (κ1) is 23.6. The van der Waals surface area contributed by atoms with Gasteiger partial charge in [-0.15, -0.1) is 0 Å². The van der Waals surface area contributed by atoms with E-state index in [1.54, 1.807) is 14.2 Å². The second-order valence-corrected chi connectivity index (χ2v) is 9.78. The summed E-state index contributed by atoms with van der Waals surface area (Å²) in [6.07, 6.45) is 3.92. The number of carbonyl (C=O) groups excluding carboxylic acids is 1. The van der Waals surface area contributed by atoms with Crippen LogP contribution in [-0.4, -0.2) is 81.6 Å². The van der Waals surface area contributed by atoms with E-state index >= 15 is 0 Å². The molecule has 3 aliphatic heterocycles. The zero-order chi connectivity index (χ0) is 25.4. The molecule has 0 aromatic heterocycles. The second kappa shape index (κ2) is 9.94. The summed E-state index contributed by atoms with van der Waals surface area (Å²) in [5.41, 5.74) is 2.58. The number of anilines is 1. The van der Waals surface area contributed by atoms with E-state index in [-0.39, 0.29) is 11.9 Å². The summed E-state index contributed by atoms with van der Waals surface area (Å²) >= 11 is 0. The summed E-state index contributed by atoms with van der Waals surface area (Å²) in [4.78, 5) is 24.5. The molecular weight excluding hydrogens is 468 g/mol. The van der Waals surface area contributed by atoms with Gasteiger partial charge in [0.05, 0.1) is 31.5 Å². The van der Waals surface area contributed by atoms with Crippen LogP contribution in [0.4, 0.5) is 11.4 Å². The van der Waals surface area contributed by atoms with Crippen LogP contribution in [-0.2, 0) is 0 Å². The number of fused-ring (bicyclic) bond motifs is 3. The number of rotatable bonds is 6. The first-order valence-electron chi connectivity index (χ1n) is 12.9. The minimum atomic E-state index is 0.0602. The van der Waals surface area contributed by atoms with Crippen molar-refractivity contribution in [3.05, 3.63) is 54.1 Å². The maximum atomic E-state index is 13.2. The van der Waals surface area contributed by atoms with Crippen LogP contribution in [0.1, 0.15) is 23.2 Å². The van der Waals surface area contributed by atoms with Crippen molar-refractivity contribution in [2.24, 2.45) is 4.99 Å². The Morgan fingerprint density at radius 2 is 1.65 bits per heavy atom. The molecule has 0 N–H and O–H groups in total. The van der Waals surface area contributed by atoms with Gasteiger partial charge in [0.25, 0.3) is 5.91 Å². The van der Waals surface area contributed by atoms with Crippen LogP contribution in [0.25, 0.3) is 10.8 Å². The fourth-order valence-corrected chi connectivity index (χ4v) is 5.46. The van der Waals surface area contributed by atoms with Crippen LogP contribution >= 0.6 is 0 Å². The summed E-state index contributed by atoms with van der Waals surface area (Å²) in [6, 6.07) is 16.2. The number of aliphatic imine (C=N–C) groups is 1. The van der Waals surface area contributed by atoms with E-state index in [9.17, 15) is 4.79 Å². The van der Waals surface area contributed by atoms with Crippen LogP contribution in [0.5, 0.6) is 17.2 Å². The van der Waals surface area contributed by atoms with Crippen molar-refractivity contribution in [1.29, 1.82) is 0 Å². The van der Waals surface area contributed by atoms with Gasteiger partial charge in [-0.05, 0) is 72.1 Å². The number of hydrogen-bond donors (Lipinski definition) is 0. The van der Waals surface area contributed by atoms with Crippen molar-refractivity contribution in [3.63, 3.8) is 0 Å². The maximum Gasteiger partial charge on any atom is 0.256 e. The van der Waals surface area contributed by atoms with Gasteiger partial charge in [0.1, 0.15) is 12.5 Å². The molecule has 0 aliphatic carbocycles. The highest BCUT2D eigenvalue weighted by molar-refractivity contribution is 6.07. The third-order valence-electron chi connectivity index (χ3n) is 7.63. The molecule has 1 atom stereocenters. The second-order valence-electron chi connectivity index (χ2n) is 9.78. The number of hydrogen-bond acceptors (Lipinski definition) is 7. The van der Waals surface area contributed by atoms with E-state index in [1.807, 2.05) is 47.5 Å². The van der Waals surface area contributed by atoms with Crippen molar-refractivity contribution in [3.8, 4) is 17.2 Å². The average molecular weight is 501 g/mol. The van der Waals surface area contributed by atoms with Gasteiger partial charge >= 0.3 is 0 Å². The van der Waals surface area contributed by atoms with Gasteiger partial charge in [0.15, 0.2) is 11.5 Å². The molecule has 37 heavy (non-hydrogen) atoms. The van der Waals surface area contributed by atoms with Crippen LogP contribution in [0.3, 0.4) is 0 Å². The Balaban J connectivity index is 1.16. The number of nitrogens with zero attached hydrogens (tertiary/aromatic N) is 4. The Bertz CT molecular complexity index is 1330. The summed E-state index contributed by atoms with van der Waals surface area (Å²) in [7, 11) is 3.33. The van der Waals surface area contributed by atoms with E-state index in [2.05, 4.69) is 26.9 Å². The SMILES string of the molecule is COc1ccc(N2CCN(COc3cc4cc5c(cc4cc3OC)C(=O)N3CCCC3C=N5)CC2)cc1. The third-order valence-corrected chi connectivity index (χ3v) is 7.63. The Morgan fingerprint density at radius 3 is 2.41 bits per heavy atom. The van der Waals surface area contributed by atoms with Crippen molar-refractivity contribution in [1.82, 2.24) is 9.80 Å². The van der Waals surface area contributed by atoms with Crippen molar-refractivity contribution < 1.29 is 19.0 Å². The maximum absolute atomic E-state index is 13.2. The molecule has 8 nitrogen and oxygen atoms in total.